The van der Waals surface area contributed by atoms with Crippen molar-refractivity contribution in [3.8, 4) is 0 Å². The van der Waals surface area contributed by atoms with Crippen molar-refractivity contribution in [3.63, 3.8) is 0 Å². The molecule has 5 nitrogen and oxygen atoms in total. The van der Waals surface area contributed by atoms with Crippen molar-refractivity contribution in [2.45, 2.75) is 18.6 Å². The normalized spacial score (nSPS) is 19.9. The van der Waals surface area contributed by atoms with Gasteiger partial charge in [0.15, 0.2) is 0 Å². The van der Waals surface area contributed by atoms with E-state index in [2.05, 4.69) is 31.2 Å². The second kappa shape index (κ2) is 5.32. The molecule has 1 atom stereocenters. The number of nitrogens with zero attached hydrogens (tertiary/aromatic N) is 3. The number of carbonyl (C=O) groups excluding carboxylic acids is 1. The number of hydrogen-bond acceptors (Lipinski definition) is 4. The van der Waals surface area contributed by atoms with Crippen molar-refractivity contribution in [2.24, 2.45) is 0 Å². The maximum atomic E-state index is 12.2. The highest BCUT2D eigenvalue weighted by Crippen LogP contribution is 2.22. The first-order valence-electron chi connectivity index (χ1n) is 5.42. The molecule has 2 heterocycles. The zero-order valence-electron chi connectivity index (χ0n) is 9.62. The van der Waals surface area contributed by atoms with Crippen LogP contribution in [0.25, 0.3) is 0 Å². The smallest absolute Gasteiger partial charge is 0.349 e. The molecule has 0 aromatic carbocycles. The lowest BCUT2D eigenvalue weighted by Crippen LogP contribution is -2.36. The predicted octanol–water partition coefficient (Wildman–Crippen LogP) is 1.81. The van der Waals surface area contributed by atoms with Gasteiger partial charge in [0.1, 0.15) is 6.54 Å². The van der Waals surface area contributed by atoms with Crippen LogP contribution in [-0.2, 0) is 4.79 Å². The van der Waals surface area contributed by atoms with Gasteiger partial charge in [-0.15, -0.1) is 0 Å². The second-order valence-electron chi connectivity index (χ2n) is 4.16. The molecule has 1 amide bonds. The quantitative estimate of drug-likeness (QED) is 0.913. The molecule has 1 N–H and O–H groups in total. The van der Waals surface area contributed by atoms with E-state index >= 15 is 0 Å². The molecule has 1 aromatic rings. The molecule has 1 saturated heterocycles. The van der Waals surface area contributed by atoms with Crippen molar-refractivity contribution in [2.75, 3.05) is 18.4 Å². The SMILES string of the molecule is O=C1C[C@@H](Nc2ncc(Br)cn2)CN1CC(F)(F)F. The molecule has 1 aliphatic rings. The fourth-order valence-corrected chi connectivity index (χ4v) is 2.01. The summed E-state index contributed by atoms with van der Waals surface area (Å²) in [6.07, 6.45) is -1.34. The maximum Gasteiger partial charge on any atom is 0.406 e. The number of anilines is 1. The molecule has 19 heavy (non-hydrogen) atoms. The number of amides is 1. The van der Waals surface area contributed by atoms with E-state index in [4.69, 9.17) is 0 Å². The van der Waals surface area contributed by atoms with Crippen LogP contribution in [0, 0.1) is 0 Å². The van der Waals surface area contributed by atoms with E-state index in [0.717, 1.165) is 4.90 Å². The Morgan fingerprint density at radius 1 is 1.42 bits per heavy atom. The highest BCUT2D eigenvalue weighted by molar-refractivity contribution is 9.10. The van der Waals surface area contributed by atoms with Gasteiger partial charge >= 0.3 is 6.18 Å². The van der Waals surface area contributed by atoms with Gasteiger partial charge in [0.2, 0.25) is 11.9 Å². The number of hydrogen-bond donors (Lipinski definition) is 1. The Kier molecular flexibility index (Phi) is 3.93. The lowest BCUT2D eigenvalue weighted by Gasteiger charge is -2.18. The van der Waals surface area contributed by atoms with Crippen molar-refractivity contribution >= 4 is 27.8 Å². The summed E-state index contributed by atoms with van der Waals surface area (Å²) in [5.74, 6) is -0.234. The van der Waals surface area contributed by atoms with Crippen molar-refractivity contribution in [1.82, 2.24) is 14.9 Å². The van der Waals surface area contributed by atoms with Gasteiger partial charge in [0.25, 0.3) is 0 Å². The minimum absolute atomic E-state index is 0.00222. The first-order valence-corrected chi connectivity index (χ1v) is 6.21. The van der Waals surface area contributed by atoms with Crippen molar-refractivity contribution in [3.05, 3.63) is 16.9 Å². The highest BCUT2D eigenvalue weighted by Gasteiger charge is 2.38. The summed E-state index contributed by atoms with van der Waals surface area (Å²) in [4.78, 5) is 20.1. The van der Waals surface area contributed by atoms with Gasteiger partial charge in [-0.05, 0) is 15.9 Å². The van der Waals surface area contributed by atoms with Crippen LogP contribution in [0.15, 0.2) is 16.9 Å². The third kappa shape index (κ3) is 4.05. The van der Waals surface area contributed by atoms with E-state index < -0.39 is 24.7 Å². The number of alkyl halides is 3. The molecule has 1 aromatic heterocycles. The van der Waals surface area contributed by atoms with E-state index in [1.54, 1.807) is 0 Å². The number of aromatic nitrogens is 2. The maximum absolute atomic E-state index is 12.2. The van der Waals surface area contributed by atoms with E-state index in [-0.39, 0.29) is 18.9 Å². The summed E-state index contributed by atoms with van der Waals surface area (Å²) in [6, 6.07) is -0.406. The third-order valence-corrected chi connectivity index (χ3v) is 2.95. The van der Waals surface area contributed by atoms with Gasteiger partial charge in [-0.3, -0.25) is 4.79 Å². The predicted molar refractivity (Wildman–Crippen MR) is 64.4 cm³/mol. The minimum atomic E-state index is -4.38. The Hall–Kier alpha value is -1.38. The molecule has 0 radical (unpaired) electrons. The molecular formula is C10H10BrF3N4O. The molecule has 0 spiro atoms. The summed E-state index contributed by atoms with van der Waals surface area (Å²) < 4.78 is 37.4. The van der Waals surface area contributed by atoms with E-state index in [1.807, 2.05) is 0 Å². The van der Waals surface area contributed by atoms with Crippen molar-refractivity contribution in [1.29, 1.82) is 0 Å². The highest BCUT2D eigenvalue weighted by atomic mass is 79.9. The Morgan fingerprint density at radius 3 is 2.63 bits per heavy atom. The molecule has 0 aliphatic carbocycles. The zero-order chi connectivity index (χ0) is 14.0. The molecule has 0 saturated carbocycles. The first-order chi connectivity index (χ1) is 8.83. The fraction of sp³-hybridized carbons (Fsp3) is 0.500. The largest absolute Gasteiger partial charge is 0.406 e. The molecule has 1 aliphatic heterocycles. The molecule has 2 rings (SSSR count). The summed E-state index contributed by atoms with van der Waals surface area (Å²) in [5, 5.41) is 2.84. The molecule has 104 valence electrons. The lowest BCUT2D eigenvalue weighted by atomic mass is 10.3. The number of nitrogens with one attached hydrogen (secondary N) is 1. The van der Waals surface area contributed by atoms with E-state index in [0.29, 0.717) is 4.47 Å². The summed E-state index contributed by atoms with van der Waals surface area (Å²) >= 11 is 3.17. The lowest BCUT2D eigenvalue weighted by molar-refractivity contribution is -0.157. The number of halogens is 4. The van der Waals surface area contributed by atoms with Gasteiger partial charge < -0.3 is 10.2 Å². The zero-order valence-corrected chi connectivity index (χ0v) is 11.2. The Morgan fingerprint density at radius 2 is 2.05 bits per heavy atom. The van der Waals surface area contributed by atoms with Crippen LogP contribution in [0.1, 0.15) is 6.42 Å². The molecule has 0 unspecified atom stereocenters. The van der Waals surface area contributed by atoms with Gasteiger partial charge in [-0.25, -0.2) is 9.97 Å². The number of carbonyl (C=O) groups is 1. The summed E-state index contributed by atoms with van der Waals surface area (Å²) in [5.41, 5.74) is 0. The van der Waals surface area contributed by atoms with Gasteiger partial charge in [0, 0.05) is 25.4 Å². The Bertz CT molecular complexity index is 465. The summed E-state index contributed by atoms with van der Waals surface area (Å²) in [7, 11) is 0. The third-order valence-electron chi connectivity index (χ3n) is 2.54. The minimum Gasteiger partial charge on any atom is -0.349 e. The number of likely N-dealkylation sites (tertiary alicyclic amines) is 1. The van der Waals surface area contributed by atoms with E-state index in [1.165, 1.54) is 12.4 Å². The standard InChI is InChI=1S/C10H10BrF3N4O/c11-6-2-15-9(16-3-6)17-7-1-8(19)18(4-7)5-10(12,13)14/h2-3,7H,1,4-5H2,(H,15,16,17)/t7-/m1/s1. The topological polar surface area (TPSA) is 58.1 Å². The first kappa shape index (κ1) is 14.0. The van der Waals surface area contributed by atoms with Crippen LogP contribution in [-0.4, -0.2) is 46.1 Å². The van der Waals surface area contributed by atoms with Crippen molar-refractivity contribution < 1.29 is 18.0 Å². The molecule has 0 bridgehead atoms. The average molecular weight is 339 g/mol. The van der Waals surface area contributed by atoms with Crippen LogP contribution in [0.3, 0.4) is 0 Å². The van der Waals surface area contributed by atoms with Crippen LogP contribution in [0.4, 0.5) is 19.1 Å². The fourth-order valence-electron chi connectivity index (χ4n) is 1.81. The van der Waals surface area contributed by atoms with E-state index in [9.17, 15) is 18.0 Å². The molecule has 9 heteroatoms. The monoisotopic (exact) mass is 338 g/mol. The Balaban J connectivity index is 1.94. The van der Waals surface area contributed by atoms with Gasteiger partial charge in [-0.2, -0.15) is 13.2 Å². The van der Waals surface area contributed by atoms with Crippen LogP contribution < -0.4 is 5.32 Å². The van der Waals surface area contributed by atoms with Gasteiger partial charge in [0.05, 0.1) is 10.5 Å². The van der Waals surface area contributed by atoms with Crippen LogP contribution in [0.5, 0.6) is 0 Å². The van der Waals surface area contributed by atoms with Gasteiger partial charge in [-0.1, -0.05) is 0 Å². The van der Waals surface area contributed by atoms with Crippen LogP contribution in [0.2, 0.25) is 0 Å². The molecular weight excluding hydrogens is 329 g/mol. The second-order valence-corrected chi connectivity index (χ2v) is 5.08. The average Bonchev–Trinajstić information content (AvgIpc) is 2.60. The Labute approximate surface area is 115 Å². The molecule has 1 fully saturated rings. The van der Waals surface area contributed by atoms with Crippen LogP contribution >= 0.6 is 15.9 Å². The number of rotatable bonds is 3. The summed E-state index contributed by atoms with van der Waals surface area (Å²) in [6.45, 7) is -1.22.